The van der Waals surface area contributed by atoms with E-state index >= 15 is 0 Å². The SMILES string of the molecule is N#C[C@@H](C(=O)C1CCCCC1)c1nnc2n1CCCCC2. The molecule has 1 fully saturated rings. The van der Waals surface area contributed by atoms with Crippen LogP contribution in [0.15, 0.2) is 0 Å². The minimum absolute atomic E-state index is 0.0436. The van der Waals surface area contributed by atoms with Crippen LogP contribution in [-0.2, 0) is 17.8 Å². The smallest absolute Gasteiger partial charge is 0.165 e. The van der Waals surface area contributed by atoms with Crippen LogP contribution in [0.1, 0.15) is 68.9 Å². The number of ketones is 1. The van der Waals surface area contributed by atoms with Gasteiger partial charge in [0.2, 0.25) is 0 Å². The van der Waals surface area contributed by atoms with Crippen LogP contribution in [0.25, 0.3) is 0 Å². The fraction of sp³-hybridized carbons (Fsp3) is 0.750. The van der Waals surface area contributed by atoms with Crippen molar-refractivity contribution < 1.29 is 4.79 Å². The Hall–Kier alpha value is -1.70. The number of carbonyl (C=O) groups is 1. The minimum Gasteiger partial charge on any atom is -0.313 e. The zero-order valence-corrected chi connectivity index (χ0v) is 12.4. The summed E-state index contributed by atoms with van der Waals surface area (Å²) >= 11 is 0. The fourth-order valence-electron chi connectivity index (χ4n) is 3.59. The number of nitriles is 1. The molecule has 0 radical (unpaired) electrons. The van der Waals surface area contributed by atoms with Crippen molar-refractivity contribution in [3.05, 3.63) is 11.6 Å². The normalized spacial score (nSPS) is 21.1. The summed E-state index contributed by atoms with van der Waals surface area (Å²) in [5.41, 5.74) is 0. The number of Topliss-reactive ketones (excluding diaryl/α,β-unsaturated/α-hetero) is 1. The number of hydrogen-bond acceptors (Lipinski definition) is 4. The topological polar surface area (TPSA) is 71.6 Å². The Morgan fingerprint density at radius 3 is 2.67 bits per heavy atom. The number of hydrogen-bond donors (Lipinski definition) is 0. The Bertz CT molecular complexity index is 551. The number of aromatic nitrogens is 3. The highest BCUT2D eigenvalue weighted by Gasteiger charge is 2.33. The van der Waals surface area contributed by atoms with Gasteiger partial charge in [-0.1, -0.05) is 25.7 Å². The molecular formula is C16H22N4O. The Balaban J connectivity index is 1.85. The molecule has 5 heteroatoms. The molecule has 0 aromatic carbocycles. The van der Waals surface area contributed by atoms with Gasteiger partial charge in [0.1, 0.15) is 5.82 Å². The molecule has 0 bridgehead atoms. The molecule has 0 spiro atoms. The average molecular weight is 286 g/mol. The zero-order chi connectivity index (χ0) is 14.7. The van der Waals surface area contributed by atoms with E-state index in [0.717, 1.165) is 57.3 Å². The molecule has 0 saturated heterocycles. The molecule has 2 heterocycles. The summed E-state index contributed by atoms with van der Waals surface area (Å²) in [5, 5.41) is 17.9. The molecule has 1 aliphatic carbocycles. The second-order valence-corrected chi connectivity index (χ2v) is 6.24. The van der Waals surface area contributed by atoms with Gasteiger partial charge in [-0.15, -0.1) is 10.2 Å². The highest BCUT2D eigenvalue weighted by molar-refractivity contribution is 5.89. The van der Waals surface area contributed by atoms with Crippen LogP contribution in [-0.4, -0.2) is 20.5 Å². The van der Waals surface area contributed by atoms with E-state index in [2.05, 4.69) is 16.3 Å². The molecule has 21 heavy (non-hydrogen) atoms. The summed E-state index contributed by atoms with van der Waals surface area (Å²) in [6.07, 6.45) is 9.55. The van der Waals surface area contributed by atoms with Crippen LogP contribution in [0.2, 0.25) is 0 Å². The van der Waals surface area contributed by atoms with Gasteiger partial charge in [0.15, 0.2) is 17.5 Å². The summed E-state index contributed by atoms with van der Waals surface area (Å²) in [5.74, 6) is 0.912. The molecule has 1 aliphatic heterocycles. The summed E-state index contributed by atoms with van der Waals surface area (Å²) in [6.45, 7) is 0.841. The molecule has 2 aliphatic rings. The number of nitrogens with zero attached hydrogens (tertiary/aromatic N) is 4. The van der Waals surface area contributed by atoms with Gasteiger partial charge >= 0.3 is 0 Å². The van der Waals surface area contributed by atoms with Crippen molar-refractivity contribution in [1.29, 1.82) is 5.26 Å². The van der Waals surface area contributed by atoms with Gasteiger partial charge in [0.25, 0.3) is 0 Å². The first-order chi connectivity index (χ1) is 10.3. The van der Waals surface area contributed by atoms with Crippen molar-refractivity contribution in [1.82, 2.24) is 14.8 Å². The predicted molar refractivity (Wildman–Crippen MR) is 77.5 cm³/mol. The third-order valence-electron chi connectivity index (χ3n) is 4.82. The standard InChI is InChI=1S/C16H22N4O/c17-11-13(15(21)12-7-3-1-4-8-12)16-19-18-14-9-5-2-6-10-20(14)16/h12-13H,1-10H2/t13-/m0/s1. The maximum Gasteiger partial charge on any atom is 0.165 e. The molecule has 1 saturated carbocycles. The maximum atomic E-state index is 12.7. The number of rotatable bonds is 3. The Morgan fingerprint density at radius 1 is 1.14 bits per heavy atom. The Labute approximate surface area is 125 Å². The highest BCUT2D eigenvalue weighted by atomic mass is 16.1. The molecule has 112 valence electrons. The van der Waals surface area contributed by atoms with Crippen LogP contribution in [0, 0.1) is 17.2 Å². The van der Waals surface area contributed by atoms with Crippen LogP contribution >= 0.6 is 0 Å². The average Bonchev–Trinajstić information content (AvgIpc) is 2.78. The lowest BCUT2D eigenvalue weighted by atomic mass is 9.82. The van der Waals surface area contributed by atoms with Gasteiger partial charge in [-0.3, -0.25) is 4.79 Å². The second kappa shape index (κ2) is 6.38. The lowest BCUT2D eigenvalue weighted by Gasteiger charge is -2.22. The van der Waals surface area contributed by atoms with Crippen LogP contribution in [0.3, 0.4) is 0 Å². The molecule has 0 N–H and O–H groups in total. The molecule has 0 unspecified atom stereocenters. The van der Waals surface area contributed by atoms with Crippen molar-refractivity contribution in [3.63, 3.8) is 0 Å². The summed E-state index contributed by atoms with van der Waals surface area (Å²) in [7, 11) is 0. The second-order valence-electron chi connectivity index (χ2n) is 6.24. The Kier molecular flexibility index (Phi) is 4.33. The molecule has 5 nitrogen and oxygen atoms in total. The highest BCUT2D eigenvalue weighted by Crippen LogP contribution is 2.30. The van der Waals surface area contributed by atoms with Crippen molar-refractivity contribution in [3.8, 4) is 6.07 Å². The summed E-state index contributed by atoms with van der Waals surface area (Å²) in [6, 6.07) is 2.20. The Morgan fingerprint density at radius 2 is 1.90 bits per heavy atom. The van der Waals surface area contributed by atoms with Gasteiger partial charge in [0, 0.05) is 18.9 Å². The summed E-state index contributed by atoms with van der Waals surface area (Å²) < 4.78 is 2.03. The lowest BCUT2D eigenvalue weighted by Crippen LogP contribution is -2.26. The van der Waals surface area contributed by atoms with Crippen LogP contribution < -0.4 is 0 Å². The number of aryl methyl sites for hydroxylation is 1. The first kappa shape index (κ1) is 14.2. The number of carbonyl (C=O) groups excluding carboxylic acids is 1. The van der Waals surface area contributed by atoms with Crippen molar-refractivity contribution in [2.75, 3.05) is 0 Å². The van der Waals surface area contributed by atoms with E-state index in [0.29, 0.717) is 5.82 Å². The van der Waals surface area contributed by atoms with Crippen molar-refractivity contribution in [2.24, 2.45) is 5.92 Å². The van der Waals surface area contributed by atoms with Crippen LogP contribution in [0.5, 0.6) is 0 Å². The third kappa shape index (κ3) is 2.85. The molecule has 1 aromatic heterocycles. The molecule has 0 amide bonds. The maximum absolute atomic E-state index is 12.7. The van der Waals surface area contributed by atoms with Gasteiger partial charge in [0.05, 0.1) is 6.07 Å². The largest absolute Gasteiger partial charge is 0.313 e. The van der Waals surface area contributed by atoms with Gasteiger partial charge in [-0.05, 0) is 25.7 Å². The van der Waals surface area contributed by atoms with E-state index < -0.39 is 5.92 Å². The minimum atomic E-state index is -0.729. The van der Waals surface area contributed by atoms with E-state index in [1.54, 1.807) is 0 Å². The first-order valence-corrected chi connectivity index (χ1v) is 8.16. The van der Waals surface area contributed by atoms with E-state index in [4.69, 9.17) is 0 Å². The first-order valence-electron chi connectivity index (χ1n) is 8.16. The zero-order valence-electron chi connectivity index (χ0n) is 12.4. The van der Waals surface area contributed by atoms with Gasteiger partial charge in [-0.25, -0.2) is 0 Å². The van der Waals surface area contributed by atoms with E-state index in [-0.39, 0.29) is 11.7 Å². The van der Waals surface area contributed by atoms with Gasteiger partial charge < -0.3 is 4.57 Å². The van der Waals surface area contributed by atoms with Crippen molar-refractivity contribution >= 4 is 5.78 Å². The fourth-order valence-corrected chi connectivity index (χ4v) is 3.59. The van der Waals surface area contributed by atoms with E-state index in [1.807, 2.05) is 4.57 Å². The number of fused-ring (bicyclic) bond motifs is 1. The van der Waals surface area contributed by atoms with Crippen molar-refractivity contribution in [2.45, 2.75) is 70.3 Å². The predicted octanol–water partition coefficient (Wildman–Crippen LogP) is 2.76. The van der Waals surface area contributed by atoms with E-state index in [1.165, 1.54) is 12.8 Å². The summed E-state index contributed by atoms with van der Waals surface area (Å²) in [4.78, 5) is 12.7. The monoisotopic (exact) mass is 286 g/mol. The molecular weight excluding hydrogens is 264 g/mol. The van der Waals surface area contributed by atoms with Gasteiger partial charge in [-0.2, -0.15) is 5.26 Å². The molecule has 3 rings (SSSR count). The lowest BCUT2D eigenvalue weighted by molar-refractivity contribution is -0.124. The quantitative estimate of drug-likeness (QED) is 0.856. The van der Waals surface area contributed by atoms with Crippen LogP contribution in [0.4, 0.5) is 0 Å². The molecule has 1 aromatic rings. The van der Waals surface area contributed by atoms with E-state index in [9.17, 15) is 10.1 Å². The third-order valence-corrected chi connectivity index (χ3v) is 4.82. The molecule has 1 atom stereocenters.